The van der Waals surface area contributed by atoms with Gasteiger partial charge in [-0.15, -0.1) is 0 Å². The van der Waals surface area contributed by atoms with Crippen molar-refractivity contribution >= 4 is 16.8 Å². The Morgan fingerprint density at radius 2 is 1.79 bits per heavy atom. The number of hydrogen-bond acceptors (Lipinski definition) is 2. The molecule has 0 saturated carbocycles. The molecule has 0 unspecified atom stereocenters. The molecule has 1 aliphatic rings. The average molecular weight is 316 g/mol. The third-order valence-corrected chi connectivity index (χ3v) is 4.97. The highest BCUT2D eigenvalue weighted by molar-refractivity contribution is 6.06. The quantitative estimate of drug-likeness (QED) is 0.704. The maximum Gasteiger partial charge on any atom is 0.273 e. The van der Waals surface area contributed by atoms with E-state index in [-0.39, 0.29) is 11.9 Å². The fourth-order valence-electron chi connectivity index (χ4n) is 3.47. The molecule has 3 nitrogen and oxygen atoms in total. The number of hydrogen-bond donors (Lipinski definition) is 0. The van der Waals surface area contributed by atoms with Gasteiger partial charge in [0.15, 0.2) is 0 Å². The van der Waals surface area contributed by atoms with E-state index in [9.17, 15) is 4.79 Å². The Balaban J connectivity index is 2.00. The Hall–Kier alpha value is -2.68. The fraction of sp³-hybridized carbons (Fsp3) is 0.238. The van der Waals surface area contributed by atoms with Gasteiger partial charge in [0, 0.05) is 23.5 Å². The smallest absolute Gasteiger partial charge is 0.273 e. The summed E-state index contributed by atoms with van der Waals surface area (Å²) in [6.45, 7) is 4.86. The van der Waals surface area contributed by atoms with Crippen molar-refractivity contribution in [3.63, 3.8) is 0 Å². The van der Waals surface area contributed by atoms with E-state index in [2.05, 4.69) is 32.0 Å². The summed E-state index contributed by atoms with van der Waals surface area (Å²) < 4.78 is 0. The van der Waals surface area contributed by atoms with Gasteiger partial charge in [-0.25, -0.2) is 4.98 Å². The first-order valence-corrected chi connectivity index (χ1v) is 8.48. The topological polar surface area (TPSA) is 33.2 Å². The lowest BCUT2D eigenvalue weighted by Gasteiger charge is -2.22. The lowest BCUT2D eigenvalue weighted by atomic mass is 9.95. The van der Waals surface area contributed by atoms with Crippen molar-refractivity contribution in [3.8, 4) is 11.1 Å². The minimum atomic E-state index is 0.0577. The number of pyridine rings is 1. The van der Waals surface area contributed by atoms with Gasteiger partial charge >= 0.3 is 0 Å². The average Bonchev–Trinajstić information content (AvgIpc) is 2.96. The minimum absolute atomic E-state index is 0.0577. The Bertz CT molecular complexity index is 918. The van der Waals surface area contributed by atoms with E-state index >= 15 is 0 Å². The van der Waals surface area contributed by atoms with Crippen molar-refractivity contribution < 1.29 is 4.79 Å². The number of nitrogens with zero attached hydrogens (tertiary/aromatic N) is 2. The normalized spacial score (nSPS) is 14.9. The van der Waals surface area contributed by atoms with Crippen LogP contribution in [0.3, 0.4) is 0 Å². The summed E-state index contributed by atoms with van der Waals surface area (Å²) >= 11 is 0. The largest absolute Gasteiger partial charge is 0.330 e. The van der Waals surface area contributed by atoms with Crippen LogP contribution in [0.4, 0.5) is 0 Å². The molecule has 1 amide bonds. The Morgan fingerprint density at radius 1 is 1.08 bits per heavy atom. The fourth-order valence-corrected chi connectivity index (χ4v) is 3.47. The maximum absolute atomic E-state index is 12.9. The molecule has 0 aliphatic carbocycles. The number of benzene rings is 2. The molecule has 0 fully saturated rings. The first kappa shape index (κ1) is 14.9. The standard InChI is InChI=1S/C21H20N2O/c1-3-14(2)23-13-17-19(15-9-5-4-6-10-15)16-11-7-8-12-18(16)22-20(17)21(23)24/h4-12,14H,3,13H2,1-2H3/t14-/m1/s1. The number of amides is 1. The molecule has 0 spiro atoms. The van der Waals surface area contributed by atoms with Crippen LogP contribution in [0.25, 0.3) is 22.0 Å². The molecule has 1 aromatic heterocycles. The molecule has 3 aromatic rings. The van der Waals surface area contributed by atoms with Crippen molar-refractivity contribution in [1.82, 2.24) is 9.88 Å². The van der Waals surface area contributed by atoms with Crippen molar-refractivity contribution in [1.29, 1.82) is 0 Å². The number of carbonyl (C=O) groups is 1. The van der Waals surface area contributed by atoms with E-state index in [0.29, 0.717) is 12.2 Å². The highest BCUT2D eigenvalue weighted by Gasteiger charge is 2.34. The zero-order valence-electron chi connectivity index (χ0n) is 14.0. The SMILES string of the molecule is CC[C@@H](C)N1Cc2c(nc3ccccc3c2-c2ccccc2)C1=O. The van der Waals surface area contributed by atoms with E-state index in [1.807, 2.05) is 41.3 Å². The predicted octanol–water partition coefficient (Wildman–Crippen LogP) is 4.66. The van der Waals surface area contributed by atoms with Gasteiger partial charge < -0.3 is 4.90 Å². The summed E-state index contributed by atoms with van der Waals surface area (Å²) in [6.07, 6.45) is 0.944. The zero-order chi connectivity index (χ0) is 16.7. The van der Waals surface area contributed by atoms with E-state index < -0.39 is 0 Å². The van der Waals surface area contributed by atoms with Crippen LogP contribution in [0.5, 0.6) is 0 Å². The molecular formula is C21H20N2O. The molecule has 1 aliphatic heterocycles. The number of aromatic nitrogens is 1. The van der Waals surface area contributed by atoms with E-state index in [1.54, 1.807) is 0 Å². The summed E-state index contributed by atoms with van der Waals surface area (Å²) in [6, 6.07) is 18.6. The molecule has 2 heterocycles. The van der Waals surface area contributed by atoms with Crippen molar-refractivity contribution in [2.24, 2.45) is 0 Å². The minimum Gasteiger partial charge on any atom is -0.330 e. The second kappa shape index (κ2) is 5.75. The number of para-hydroxylation sites is 1. The Morgan fingerprint density at radius 3 is 2.54 bits per heavy atom. The summed E-state index contributed by atoms with van der Waals surface area (Å²) in [5.41, 5.74) is 4.86. The van der Waals surface area contributed by atoms with Crippen LogP contribution in [-0.4, -0.2) is 21.8 Å². The van der Waals surface area contributed by atoms with Gasteiger partial charge in [-0.2, -0.15) is 0 Å². The summed E-state index contributed by atoms with van der Waals surface area (Å²) in [4.78, 5) is 19.5. The highest BCUT2D eigenvalue weighted by Crippen LogP contribution is 2.37. The third kappa shape index (κ3) is 2.20. The van der Waals surface area contributed by atoms with Crippen LogP contribution in [0.15, 0.2) is 54.6 Å². The molecule has 0 bridgehead atoms. The van der Waals surface area contributed by atoms with Gasteiger partial charge in [-0.1, -0.05) is 55.5 Å². The summed E-state index contributed by atoms with van der Waals surface area (Å²) in [5.74, 6) is 0.0577. The monoisotopic (exact) mass is 316 g/mol. The first-order chi connectivity index (χ1) is 11.7. The number of fused-ring (bicyclic) bond motifs is 2. The second-order valence-corrected chi connectivity index (χ2v) is 6.39. The zero-order valence-corrected chi connectivity index (χ0v) is 14.0. The molecule has 0 N–H and O–H groups in total. The van der Waals surface area contributed by atoms with Crippen molar-refractivity contribution in [2.75, 3.05) is 0 Å². The van der Waals surface area contributed by atoms with Gasteiger partial charge in [-0.3, -0.25) is 4.79 Å². The van der Waals surface area contributed by atoms with Gasteiger partial charge in [0.1, 0.15) is 5.69 Å². The van der Waals surface area contributed by atoms with Crippen LogP contribution in [-0.2, 0) is 6.54 Å². The van der Waals surface area contributed by atoms with E-state index in [0.717, 1.165) is 34.0 Å². The molecule has 1 atom stereocenters. The molecule has 120 valence electrons. The highest BCUT2D eigenvalue weighted by atomic mass is 16.2. The molecule has 4 rings (SSSR count). The van der Waals surface area contributed by atoms with Gasteiger partial charge in [0.2, 0.25) is 0 Å². The summed E-state index contributed by atoms with van der Waals surface area (Å²) in [5, 5.41) is 1.11. The van der Waals surface area contributed by atoms with Crippen LogP contribution in [0, 0.1) is 0 Å². The molecular weight excluding hydrogens is 296 g/mol. The first-order valence-electron chi connectivity index (χ1n) is 8.48. The molecule has 24 heavy (non-hydrogen) atoms. The van der Waals surface area contributed by atoms with Crippen LogP contribution >= 0.6 is 0 Å². The Labute approximate surface area is 141 Å². The summed E-state index contributed by atoms with van der Waals surface area (Å²) in [7, 11) is 0. The van der Waals surface area contributed by atoms with Crippen LogP contribution in [0.2, 0.25) is 0 Å². The number of rotatable bonds is 3. The second-order valence-electron chi connectivity index (χ2n) is 6.39. The van der Waals surface area contributed by atoms with Crippen molar-refractivity contribution in [3.05, 3.63) is 65.9 Å². The lowest BCUT2D eigenvalue weighted by molar-refractivity contribution is 0.0709. The molecule has 3 heteroatoms. The third-order valence-electron chi connectivity index (χ3n) is 4.97. The molecule has 0 saturated heterocycles. The van der Waals surface area contributed by atoms with Crippen molar-refractivity contribution in [2.45, 2.75) is 32.9 Å². The molecule has 0 radical (unpaired) electrons. The predicted molar refractivity (Wildman–Crippen MR) is 96.8 cm³/mol. The van der Waals surface area contributed by atoms with Gasteiger partial charge in [0.05, 0.1) is 5.52 Å². The van der Waals surface area contributed by atoms with E-state index in [1.165, 1.54) is 0 Å². The van der Waals surface area contributed by atoms with Crippen LogP contribution in [0.1, 0.15) is 36.3 Å². The lowest BCUT2D eigenvalue weighted by Crippen LogP contribution is -2.32. The van der Waals surface area contributed by atoms with E-state index in [4.69, 9.17) is 4.98 Å². The molecule has 2 aromatic carbocycles. The maximum atomic E-state index is 12.9. The number of carbonyl (C=O) groups excluding carboxylic acids is 1. The van der Waals surface area contributed by atoms with Gasteiger partial charge in [0.25, 0.3) is 5.91 Å². The van der Waals surface area contributed by atoms with Crippen LogP contribution < -0.4 is 0 Å². The van der Waals surface area contributed by atoms with Gasteiger partial charge in [-0.05, 0) is 30.5 Å². The Kier molecular flexibility index (Phi) is 3.57.